The summed E-state index contributed by atoms with van der Waals surface area (Å²) < 4.78 is 5.46. The molecule has 5 nitrogen and oxygen atoms in total. The van der Waals surface area contributed by atoms with Crippen LogP contribution in [0.2, 0.25) is 0 Å². The lowest BCUT2D eigenvalue weighted by Gasteiger charge is -2.25. The molecule has 25 heavy (non-hydrogen) atoms. The van der Waals surface area contributed by atoms with E-state index in [2.05, 4.69) is 23.3 Å². The van der Waals surface area contributed by atoms with E-state index in [9.17, 15) is 9.59 Å². The van der Waals surface area contributed by atoms with Crippen molar-refractivity contribution >= 4 is 17.4 Å². The van der Waals surface area contributed by atoms with Gasteiger partial charge in [0.25, 0.3) is 5.91 Å². The van der Waals surface area contributed by atoms with E-state index in [0.717, 1.165) is 25.2 Å². The standard InChI is InChI=1S/C20H20N2O3/c1-22-8-6-13-2-4-16(10-15(13)12-22)21-20(24)14-3-5-19-17(11-14)18(23)7-9-25-19/h2-5,10-11H,6-9,12H2,1H3,(H,21,24). The van der Waals surface area contributed by atoms with Crippen LogP contribution in [0.25, 0.3) is 0 Å². The van der Waals surface area contributed by atoms with E-state index in [0.29, 0.717) is 29.9 Å². The Labute approximate surface area is 146 Å². The molecular weight excluding hydrogens is 316 g/mol. The molecule has 2 heterocycles. The number of hydrogen-bond donors (Lipinski definition) is 1. The molecule has 2 aliphatic rings. The molecule has 128 valence electrons. The minimum atomic E-state index is -0.217. The molecule has 5 heteroatoms. The smallest absolute Gasteiger partial charge is 0.255 e. The van der Waals surface area contributed by atoms with E-state index >= 15 is 0 Å². The number of fused-ring (bicyclic) bond motifs is 2. The van der Waals surface area contributed by atoms with Crippen LogP contribution in [0.5, 0.6) is 5.75 Å². The quantitative estimate of drug-likeness (QED) is 0.916. The highest BCUT2D eigenvalue weighted by molar-refractivity contribution is 6.07. The lowest BCUT2D eigenvalue weighted by molar-refractivity contribution is 0.0933. The van der Waals surface area contributed by atoms with E-state index in [-0.39, 0.29) is 11.7 Å². The number of amides is 1. The zero-order valence-corrected chi connectivity index (χ0v) is 14.2. The second kappa shape index (κ2) is 6.33. The molecule has 4 rings (SSSR count). The van der Waals surface area contributed by atoms with Crippen LogP contribution in [-0.2, 0) is 13.0 Å². The maximum atomic E-state index is 12.6. The molecule has 1 N–H and O–H groups in total. The van der Waals surface area contributed by atoms with Crippen LogP contribution in [-0.4, -0.2) is 36.8 Å². The van der Waals surface area contributed by atoms with Gasteiger partial charge in [0.2, 0.25) is 0 Å². The molecule has 0 unspecified atom stereocenters. The van der Waals surface area contributed by atoms with Gasteiger partial charge in [0.05, 0.1) is 12.2 Å². The third-order valence-corrected chi connectivity index (χ3v) is 4.80. The Balaban J connectivity index is 1.55. The van der Waals surface area contributed by atoms with Gasteiger partial charge in [-0.2, -0.15) is 0 Å². The molecule has 0 aliphatic carbocycles. The molecule has 2 aromatic rings. The van der Waals surface area contributed by atoms with Gasteiger partial charge in [-0.15, -0.1) is 0 Å². The number of benzene rings is 2. The molecule has 1 amide bonds. The van der Waals surface area contributed by atoms with Crippen LogP contribution in [0.3, 0.4) is 0 Å². The van der Waals surface area contributed by atoms with Gasteiger partial charge >= 0.3 is 0 Å². The summed E-state index contributed by atoms with van der Waals surface area (Å²) in [5.74, 6) is 0.364. The van der Waals surface area contributed by atoms with Crippen LogP contribution in [0.15, 0.2) is 36.4 Å². The second-order valence-electron chi connectivity index (χ2n) is 6.66. The lowest BCUT2D eigenvalue weighted by atomic mass is 9.99. The Bertz CT molecular complexity index is 860. The number of nitrogens with zero attached hydrogens (tertiary/aromatic N) is 1. The number of rotatable bonds is 2. The van der Waals surface area contributed by atoms with Gasteiger partial charge in [-0.05, 0) is 54.9 Å². The highest BCUT2D eigenvalue weighted by Crippen LogP contribution is 2.26. The van der Waals surface area contributed by atoms with Crippen LogP contribution >= 0.6 is 0 Å². The van der Waals surface area contributed by atoms with Gasteiger partial charge in [-0.3, -0.25) is 9.59 Å². The van der Waals surface area contributed by atoms with Crippen molar-refractivity contribution in [2.24, 2.45) is 0 Å². The number of Topliss-reactive ketones (excluding diaryl/α,β-unsaturated/α-hetero) is 1. The molecule has 0 radical (unpaired) electrons. The highest BCUT2D eigenvalue weighted by Gasteiger charge is 2.20. The molecule has 0 atom stereocenters. The molecule has 0 saturated carbocycles. The van der Waals surface area contributed by atoms with E-state index in [4.69, 9.17) is 4.74 Å². The summed E-state index contributed by atoms with van der Waals surface area (Å²) in [6.45, 7) is 2.36. The van der Waals surface area contributed by atoms with Gasteiger partial charge in [0.1, 0.15) is 5.75 Å². The Morgan fingerprint density at radius 1 is 1.12 bits per heavy atom. The summed E-state index contributed by atoms with van der Waals surface area (Å²) in [5.41, 5.74) is 4.32. The number of likely N-dealkylation sites (N-methyl/N-ethyl adjacent to an activating group) is 1. The summed E-state index contributed by atoms with van der Waals surface area (Å²) >= 11 is 0. The van der Waals surface area contributed by atoms with Crippen molar-refractivity contribution in [2.75, 3.05) is 25.5 Å². The predicted octanol–water partition coefficient (Wildman–Crippen LogP) is 2.89. The summed E-state index contributed by atoms with van der Waals surface area (Å²) in [6, 6.07) is 11.1. The lowest BCUT2D eigenvalue weighted by Crippen LogP contribution is -2.26. The van der Waals surface area contributed by atoms with E-state index in [1.807, 2.05) is 12.1 Å². The average molecular weight is 336 g/mol. The SMILES string of the molecule is CN1CCc2ccc(NC(=O)c3ccc4c(c3)C(=O)CCO4)cc2C1. The molecular formula is C20H20N2O3. The fourth-order valence-corrected chi connectivity index (χ4v) is 3.38. The van der Waals surface area contributed by atoms with Crippen molar-refractivity contribution in [3.05, 3.63) is 58.7 Å². The Kier molecular flexibility index (Phi) is 4.01. The highest BCUT2D eigenvalue weighted by atomic mass is 16.5. The maximum Gasteiger partial charge on any atom is 0.255 e. The van der Waals surface area contributed by atoms with E-state index in [1.165, 1.54) is 11.1 Å². The predicted molar refractivity (Wildman–Crippen MR) is 95.3 cm³/mol. The number of ether oxygens (including phenoxy) is 1. The van der Waals surface area contributed by atoms with Gasteiger partial charge < -0.3 is 15.0 Å². The number of ketones is 1. The summed E-state index contributed by atoms with van der Waals surface area (Å²) in [4.78, 5) is 26.8. The first-order valence-corrected chi connectivity index (χ1v) is 8.52. The van der Waals surface area contributed by atoms with E-state index in [1.54, 1.807) is 18.2 Å². The molecule has 0 fully saturated rings. The monoisotopic (exact) mass is 336 g/mol. The van der Waals surface area contributed by atoms with Gasteiger partial charge in [0, 0.05) is 30.8 Å². The number of nitrogens with one attached hydrogen (secondary N) is 1. The van der Waals surface area contributed by atoms with Crippen molar-refractivity contribution in [1.29, 1.82) is 0 Å². The summed E-state index contributed by atoms with van der Waals surface area (Å²) in [5, 5.41) is 2.94. The van der Waals surface area contributed by atoms with E-state index < -0.39 is 0 Å². The summed E-state index contributed by atoms with van der Waals surface area (Å²) in [6.07, 6.45) is 1.39. The van der Waals surface area contributed by atoms with Gasteiger partial charge in [-0.1, -0.05) is 6.07 Å². The third kappa shape index (κ3) is 3.15. The fraction of sp³-hybridized carbons (Fsp3) is 0.300. The normalized spacial score (nSPS) is 16.6. The van der Waals surface area contributed by atoms with Crippen molar-refractivity contribution in [3.8, 4) is 5.75 Å². The zero-order chi connectivity index (χ0) is 17.4. The Morgan fingerprint density at radius 3 is 2.88 bits per heavy atom. The van der Waals surface area contributed by atoms with Crippen LogP contribution in [0.4, 0.5) is 5.69 Å². The molecule has 2 aliphatic heterocycles. The minimum absolute atomic E-state index is 0.0210. The van der Waals surface area contributed by atoms with Crippen molar-refractivity contribution in [2.45, 2.75) is 19.4 Å². The number of carbonyl (C=O) groups is 2. The first-order valence-electron chi connectivity index (χ1n) is 8.52. The zero-order valence-electron chi connectivity index (χ0n) is 14.2. The van der Waals surface area contributed by atoms with Gasteiger partial charge in [0.15, 0.2) is 5.78 Å². The minimum Gasteiger partial charge on any atom is -0.492 e. The fourth-order valence-electron chi connectivity index (χ4n) is 3.38. The van der Waals surface area contributed by atoms with Crippen LogP contribution in [0, 0.1) is 0 Å². The number of carbonyl (C=O) groups excluding carboxylic acids is 2. The molecule has 0 bridgehead atoms. The molecule has 2 aromatic carbocycles. The van der Waals surface area contributed by atoms with Crippen LogP contribution < -0.4 is 10.1 Å². The number of hydrogen-bond acceptors (Lipinski definition) is 4. The van der Waals surface area contributed by atoms with Crippen molar-refractivity contribution < 1.29 is 14.3 Å². The average Bonchev–Trinajstić information content (AvgIpc) is 2.61. The van der Waals surface area contributed by atoms with Crippen molar-refractivity contribution in [1.82, 2.24) is 4.90 Å². The maximum absolute atomic E-state index is 12.6. The molecule has 0 spiro atoms. The first kappa shape index (κ1) is 15.8. The molecule has 0 aromatic heterocycles. The van der Waals surface area contributed by atoms with Crippen molar-refractivity contribution in [3.63, 3.8) is 0 Å². The Morgan fingerprint density at radius 2 is 2.00 bits per heavy atom. The first-order chi connectivity index (χ1) is 12.1. The van der Waals surface area contributed by atoms with Crippen LogP contribution in [0.1, 0.15) is 38.3 Å². The second-order valence-corrected chi connectivity index (χ2v) is 6.66. The largest absolute Gasteiger partial charge is 0.492 e. The topological polar surface area (TPSA) is 58.6 Å². The summed E-state index contributed by atoms with van der Waals surface area (Å²) in [7, 11) is 2.10. The Hall–Kier alpha value is -2.66. The molecule has 0 saturated heterocycles. The number of anilines is 1. The third-order valence-electron chi connectivity index (χ3n) is 4.80. The van der Waals surface area contributed by atoms with Gasteiger partial charge in [-0.25, -0.2) is 0 Å².